The minimum Gasteiger partial charge on any atom is -0.539 e. The molecule has 0 aliphatic rings. The molecular formula is C10H20O3Si. The summed E-state index contributed by atoms with van der Waals surface area (Å²) in [5.74, 6) is -0.381. The van der Waals surface area contributed by atoms with Gasteiger partial charge in [0.1, 0.15) is 0 Å². The van der Waals surface area contributed by atoms with Crippen LogP contribution in [0.4, 0.5) is 0 Å². The van der Waals surface area contributed by atoms with E-state index in [2.05, 4.69) is 45.2 Å². The molecule has 0 aliphatic heterocycles. The maximum atomic E-state index is 11.1. The standard InChI is InChI=1S/C10H20O3Si/c1-8(9(11)12-5)13-14(6,7)10(2,3)4/h1H2,2-7H3. The zero-order valence-corrected chi connectivity index (χ0v) is 10.9. The molecule has 0 aromatic carbocycles. The van der Waals surface area contributed by atoms with Crippen LogP contribution in [0.5, 0.6) is 0 Å². The van der Waals surface area contributed by atoms with Gasteiger partial charge in [-0.3, -0.25) is 0 Å². The van der Waals surface area contributed by atoms with Gasteiger partial charge in [0.2, 0.25) is 0 Å². The van der Waals surface area contributed by atoms with Crippen molar-refractivity contribution < 1.29 is 14.0 Å². The summed E-state index contributed by atoms with van der Waals surface area (Å²) in [6, 6.07) is 0. The molecule has 0 heterocycles. The number of carbonyl (C=O) groups excluding carboxylic acids is 1. The van der Waals surface area contributed by atoms with E-state index in [-0.39, 0.29) is 10.8 Å². The Morgan fingerprint density at radius 1 is 1.29 bits per heavy atom. The average Bonchev–Trinajstić information content (AvgIpc) is 2.00. The van der Waals surface area contributed by atoms with Gasteiger partial charge in [-0.15, -0.1) is 0 Å². The van der Waals surface area contributed by atoms with E-state index in [1.165, 1.54) is 7.11 Å². The first-order valence-electron chi connectivity index (χ1n) is 4.58. The third-order valence-electron chi connectivity index (χ3n) is 2.60. The molecule has 0 spiro atoms. The quantitative estimate of drug-likeness (QED) is 0.315. The molecule has 0 N–H and O–H groups in total. The number of carbonyl (C=O) groups is 1. The second-order valence-corrected chi connectivity index (χ2v) is 9.50. The molecule has 0 radical (unpaired) electrons. The Balaban J connectivity index is 4.53. The Kier molecular flexibility index (Phi) is 3.94. The third kappa shape index (κ3) is 3.18. The van der Waals surface area contributed by atoms with Crippen molar-refractivity contribution in [3.05, 3.63) is 12.3 Å². The number of methoxy groups -OCH3 is 1. The number of rotatable bonds is 3. The first kappa shape index (κ1) is 13.2. The van der Waals surface area contributed by atoms with Crippen molar-refractivity contribution in [3.8, 4) is 0 Å². The lowest BCUT2D eigenvalue weighted by Gasteiger charge is -2.36. The lowest BCUT2D eigenvalue weighted by atomic mass is 10.2. The SMILES string of the molecule is C=C(O[Si](C)(C)C(C)(C)C)C(=O)OC. The summed E-state index contributed by atoms with van der Waals surface area (Å²) in [5.41, 5.74) is 0. The van der Waals surface area contributed by atoms with Crippen LogP contribution in [-0.2, 0) is 14.0 Å². The molecule has 0 fully saturated rings. The summed E-state index contributed by atoms with van der Waals surface area (Å²) in [4.78, 5) is 11.1. The lowest BCUT2D eigenvalue weighted by Crippen LogP contribution is -2.41. The van der Waals surface area contributed by atoms with Gasteiger partial charge in [-0.05, 0) is 18.1 Å². The molecule has 0 saturated heterocycles. The van der Waals surface area contributed by atoms with E-state index < -0.39 is 14.3 Å². The van der Waals surface area contributed by atoms with Gasteiger partial charge in [0, 0.05) is 0 Å². The molecule has 0 aromatic rings. The van der Waals surface area contributed by atoms with Crippen LogP contribution in [0.3, 0.4) is 0 Å². The highest BCUT2D eigenvalue weighted by molar-refractivity contribution is 6.74. The van der Waals surface area contributed by atoms with Gasteiger partial charge in [-0.25, -0.2) is 4.79 Å². The summed E-state index contributed by atoms with van der Waals surface area (Å²) in [6.45, 7) is 14.0. The van der Waals surface area contributed by atoms with E-state index >= 15 is 0 Å². The van der Waals surface area contributed by atoms with Gasteiger partial charge in [-0.2, -0.15) is 0 Å². The van der Waals surface area contributed by atoms with Gasteiger partial charge in [0.25, 0.3) is 8.32 Å². The smallest absolute Gasteiger partial charge is 0.371 e. The number of hydrogen-bond acceptors (Lipinski definition) is 3. The van der Waals surface area contributed by atoms with E-state index in [4.69, 9.17) is 4.43 Å². The molecule has 0 atom stereocenters. The Hall–Kier alpha value is -0.773. The molecule has 0 saturated carbocycles. The van der Waals surface area contributed by atoms with Crippen LogP contribution in [0.15, 0.2) is 12.3 Å². The van der Waals surface area contributed by atoms with Crippen LogP contribution in [0.2, 0.25) is 18.1 Å². The van der Waals surface area contributed by atoms with Crippen LogP contribution < -0.4 is 0 Å². The van der Waals surface area contributed by atoms with Crippen molar-refractivity contribution in [2.75, 3.05) is 7.11 Å². The summed E-state index contributed by atoms with van der Waals surface area (Å²) in [6.07, 6.45) is 0. The number of ether oxygens (including phenoxy) is 1. The van der Waals surface area contributed by atoms with E-state index in [1.54, 1.807) is 0 Å². The van der Waals surface area contributed by atoms with Crippen LogP contribution in [-0.4, -0.2) is 21.4 Å². The zero-order chi connectivity index (χ0) is 11.6. The molecule has 0 aromatic heterocycles. The molecule has 0 rings (SSSR count). The van der Waals surface area contributed by atoms with Gasteiger partial charge < -0.3 is 9.16 Å². The lowest BCUT2D eigenvalue weighted by molar-refractivity contribution is -0.138. The van der Waals surface area contributed by atoms with Crippen molar-refractivity contribution in [1.29, 1.82) is 0 Å². The zero-order valence-electron chi connectivity index (χ0n) is 9.93. The second kappa shape index (κ2) is 4.17. The van der Waals surface area contributed by atoms with E-state index in [1.807, 2.05) is 0 Å². The molecule has 14 heavy (non-hydrogen) atoms. The highest BCUT2D eigenvalue weighted by Crippen LogP contribution is 2.37. The molecule has 0 aliphatic carbocycles. The fourth-order valence-corrected chi connectivity index (χ4v) is 1.62. The fourth-order valence-electron chi connectivity index (χ4n) is 0.617. The van der Waals surface area contributed by atoms with Crippen molar-refractivity contribution in [2.24, 2.45) is 0 Å². The maximum Gasteiger partial charge on any atom is 0.371 e. The molecule has 4 heteroatoms. The summed E-state index contributed by atoms with van der Waals surface area (Å²) >= 11 is 0. The topological polar surface area (TPSA) is 35.5 Å². The number of hydrogen-bond donors (Lipinski definition) is 0. The highest BCUT2D eigenvalue weighted by Gasteiger charge is 2.40. The summed E-state index contributed by atoms with van der Waals surface area (Å²) < 4.78 is 10.2. The van der Waals surface area contributed by atoms with Crippen LogP contribution in [0.1, 0.15) is 20.8 Å². The van der Waals surface area contributed by atoms with E-state index in [0.29, 0.717) is 0 Å². The van der Waals surface area contributed by atoms with Gasteiger partial charge in [0.15, 0.2) is 5.76 Å². The summed E-state index contributed by atoms with van der Waals surface area (Å²) in [5, 5.41) is 0.0595. The van der Waals surface area contributed by atoms with Crippen molar-refractivity contribution >= 4 is 14.3 Å². The Labute approximate surface area is 87.2 Å². The van der Waals surface area contributed by atoms with Crippen molar-refractivity contribution in [2.45, 2.75) is 38.9 Å². The van der Waals surface area contributed by atoms with Crippen molar-refractivity contribution in [3.63, 3.8) is 0 Å². The minimum atomic E-state index is -1.95. The normalized spacial score (nSPS) is 12.1. The summed E-state index contributed by atoms with van der Waals surface area (Å²) in [7, 11) is -0.625. The second-order valence-electron chi connectivity index (χ2n) is 4.78. The Morgan fingerprint density at radius 3 is 2.00 bits per heavy atom. The van der Waals surface area contributed by atoms with Crippen molar-refractivity contribution in [1.82, 2.24) is 0 Å². The number of esters is 1. The van der Waals surface area contributed by atoms with Crippen LogP contribution in [0.25, 0.3) is 0 Å². The largest absolute Gasteiger partial charge is 0.539 e. The highest BCUT2D eigenvalue weighted by atomic mass is 28.4. The Bertz CT molecular complexity index is 238. The molecular weight excluding hydrogens is 196 g/mol. The molecule has 82 valence electrons. The first-order valence-corrected chi connectivity index (χ1v) is 7.49. The Morgan fingerprint density at radius 2 is 1.71 bits per heavy atom. The van der Waals surface area contributed by atoms with Crippen LogP contribution >= 0.6 is 0 Å². The molecule has 3 nitrogen and oxygen atoms in total. The monoisotopic (exact) mass is 216 g/mol. The van der Waals surface area contributed by atoms with Gasteiger partial charge >= 0.3 is 5.97 Å². The van der Waals surface area contributed by atoms with E-state index in [0.717, 1.165) is 0 Å². The maximum absolute atomic E-state index is 11.1. The van der Waals surface area contributed by atoms with Gasteiger partial charge in [0.05, 0.1) is 7.11 Å². The third-order valence-corrected chi connectivity index (χ3v) is 6.97. The molecule has 0 bridgehead atoms. The predicted molar refractivity (Wildman–Crippen MR) is 59.4 cm³/mol. The fraction of sp³-hybridized carbons (Fsp3) is 0.700. The first-order chi connectivity index (χ1) is 6.12. The van der Waals surface area contributed by atoms with E-state index in [9.17, 15) is 4.79 Å². The predicted octanol–water partition coefficient (Wildman–Crippen LogP) is 2.69. The van der Waals surface area contributed by atoms with Crippen LogP contribution in [0, 0.1) is 0 Å². The molecule has 0 unspecified atom stereocenters. The molecule has 0 amide bonds. The average molecular weight is 216 g/mol. The minimum absolute atomic E-state index is 0.0595. The van der Waals surface area contributed by atoms with Gasteiger partial charge in [-0.1, -0.05) is 27.4 Å².